The van der Waals surface area contributed by atoms with Crippen molar-refractivity contribution in [3.8, 4) is 11.5 Å². The van der Waals surface area contributed by atoms with Gasteiger partial charge in [0.2, 0.25) is 0 Å². The third-order valence-corrected chi connectivity index (χ3v) is 4.05. The van der Waals surface area contributed by atoms with Crippen LogP contribution >= 0.6 is 11.8 Å². The zero-order valence-corrected chi connectivity index (χ0v) is 13.1. The van der Waals surface area contributed by atoms with Crippen LogP contribution in [-0.2, 0) is 9.59 Å². The number of methoxy groups -OCH3 is 1. The number of phenolic OH excluding ortho intramolecular Hbond substituents is 1. The molecule has 2 rings (SSSR count). The van der Waals surface area contributed by atoms with Gasteiger partial charge in [0, 0.05) is 13.0 Å². The molecule has 2 N–H and O–H groups in total. The molecule has 0 aromatic heterocycles. The van der Waals surface area contributed by atoms with Crippen LogP contribution in [-0.4, -0.2) is 45.9 Å². The molecule has 0 saturated carbocycles. The molecule has 1 saturated heterocycles. The van der Waals surface area contributed by atoms with Crippen LogP contribution in [0.3, 0.4) is 0 Å². The van der Waals surface area contributed by atoms with Crippen molar-refractivity contribution in [2.24, 2.45) is 0 Å². The molecule has 1 aliphatic heterocycles. The Morgan fingerprint density at radius 3 is 2.78 bits per heavy atom. The lowest BCUT2D eigenvalue weighted by atomic mass is 10.2. The van der Waals surface area contributed by atoms with Gasteiger partial charge in [0.25, 0.3) is 11.1 Å². The predicted octanol–water partition coefficient (Wildman–Crippen LogP) is 2.30. The summed E-state index contributed by atoms with van der Waals surface area (Å²) < 4.78 is 4.99. The molecule has 1 aromatic carbocycles. The van der Waals surface area contributed by atoms with Gasteiger partial charge in [-0.2, -0.15) is 0 Å². The number of aliphatic carboxylic acids is 1. The number of carboxylic acid groups (broad SMARTS) is 1. The number of aromatic hydroxyl groups is 1. The zero-order chi connectivity index (χ0) is 17.0. The number of thioether (sulfide) groups is 1. The summed E-state index contributed by atoms with van der Waals surface area (Å²) >= 11 is 0.801. The van der Waals surface area contributed by atoms with Gasteiger partial charge in [0.15, 0.2) is 11.5 Å². The molecular formula is C15H15NO6S. The van der Waals surface area contributed by atoms with Crippen molar-refractivity contribution in [1.82, 2.24) is 4.90 Å². The largest absolute Gasteiger partial charge is 0.504 e. The van der Waals surface area contributed by atoms with Gasteiger partial charge in [0.05, 0.1) is 12.0 Å². The Hall–Kier alpha value is -2.48. The molecule has 23 heavy (non-hydrogen) atoms. The molecule has 1 aliphatic rings. The lowest BCUT2D eigenvalue weighted by molar-refractivity contribution is -0.137. The fourth-order valence-corrected chi connectivity index (χ4v) is 2.88. The number of carbonyl (C=O) groups excluding carboxylic acids is 2. The van der Waals surface area contributed by atoms with Gasteiger partial charge in [0.1, 0.15) is 0 Å². The first-order valence-electron chi connectivity index (χ1n) is 6.76. The van der Waals surface area contributed by atoms with Crippen molar-refractivity contribution in [3.05, 3.63) is 28.7 Å². The molecule has 122 valence electrons. The second-order valence-electron chi connectivity index (χ2n) is 4.76. The zero-order valence-electron chi connectivity index (χ0n) is 12.3. The molecule has 2 amide bonds. The van der Waals surface area contributed by atoms with E-state index in [1.807, 2.05) is 0 Å². The fraction of sp³-hybridized carbons (Fsp3) is 0.267. The van der Waals surface area contributed by atoms with Gasteiger partial charge in [-0.25, -0.2) is 0 Å². The topological polar surface area (TPSA) is 104 Å². The lowest BCUT2D eigenvalue weighted by Crippen LogP contribution is -2.29. The molecule has 0 spiro atoms. The molecule has 1 fully saturated rings. The van der Waals surface area contributed by atoms with Crippen LogP contribution in [0, 0.1) is 0 Å². The number of carbonyl (C=O) groups is 3. The van der Waals surface area contributed by atoms with Gasteiger partial charge in [-0.15, -0.1) is 0 Å². The smallest absolute Gasteiger partial charge is 0.303 e. The first-order chi connectivity index (χ1) is 10.9. The number of hydrogen-bond donors (Lipinski definition) is 2. The Morgan fingerprint density at radius 1 is 1.39 bits per heavy atom. The summed E-state index contributed by atoms with van der Waals surface area (Å²) in [5.41, 5.74) is 0.607. The molecule has 0 radical (unpaired) electrons. The number of rotatable bonds is 6. The van der Waals surface area contributed by atoms with E-state index < -0.39 is 17.1 Å². The number of hydrogen-bond acceptors (Lipinski definition) is 6. The Bertz CT molecular complexity index is 685. The van der Waals surface area contributed by atoms with E-state index in [2.05, 4.69) is 0 Å². The maximum atomic E-state index is 12.2. The Kier molecular flexibility index (Phi) is 5.28. The van der Waals surface area contributed by atoms with Crippen LogP contribution < -0.4 is 4.74 Å². The van der Waals surface area contributed by atoms with E-state index in [1.165, 1.54) is 19.3 Å². The van der Waals surface area contributed by atoms with Gasteiger partial charge < -0.3 is 14.9 Å². The van der Waals surface area contributed by atoms with E-state index in [1.54, 1.807) is 12.1 Å². The summed E-state index contributed by atoms with van der Waals surface area (Å²) in [4.78, 5) is 35.8. The minimum absolute atomic E-state index is 0.0218. The summed E-state index contributed by atoms with van der Waals surface area (Å²) in [6.45, 7) is 0.0766. The predicted molar refractivity (Wildman–Crippen MR) is 84.2 cm³/mol. The molecule has 0 unspecified atom stereocenters. The average Bonchev–Trinajstić information content (AvgIpc) is 2.76. The number of carboxylic acids is 1. The third-order valence-electron chi connectivity index (χ3n) is 3.15. The van der Waals surface area contributed by atoms with Crippen molar-refractivity contribution in [3.63, 3.8) is 0 Å². The van der Waals surface area contributed by atoms with E-state index in [0.717, 1.165) is 16.7 Å². The van der Waals surface area contributed by atoms with Gasteiger partial charge >= 0.3 is 5.97 Å². The van der Waals surface area contributed by atoms with Crippen LogP contribution in [0.2, 0.25) is 0 Å². The number of imide groups is 1. The molecule has 0 aliphatic carbocycles. The quantitative estimate of drug-likeness (QED) is 0.767. The minimum atomic E-state index is -0.969. The number of nitrogens with zero attached hydrogens (tertiary/aromatic N) is 1. The maximum absolute atomic E-state index is 12.2. The number of benzene rings is 1. The standard InChI is InChI=1S/C15H15NO6S/c1-22-11-7-9(4-5-10(11)17)8-12-14(20)16(15(21)23-12)6-2-3-13(18)19/h4-5,7-8,17H,2-3,6H2,1H3,(H,18,19). The van der Waals surface area contributed by atoms with E-state index in [9.17, 15) is 19.5 Å². The van der Waals surface area contributed by atoms with Crippen molar-refractivity contribution in [2.45, 2.75) is 12.8 Å². The highest BCUT2D eigenvalue weighted by Crippen LogP contribution is 2.34. The number of ether oxygens (including phenoxy) is 1. The van der Waals surface area contributed by atoms with Gasteiger partial charge in [-0.3, -0.25) is 19.3 Å². The second kappa shape index (κ2) is 7.19. The lowest BCUT2D eigenvalue weighted by Gasteiger charge is -2.10. The van der Waals surface area contributed by atoms with E-state index in [-0.39, 0.29) is 35.8 Å². The Balaban J connectivity index is 2.13. The normalized spacial score (nSPS) is 16.2. The monoisotopic (exact) mass is 337 g/mol. The Labute approximate surface area is 136 Å². The highest BCUT2D eigenvalue weighted by molar-refractivity contribution is 8.18. The van der Waals surface area contributed by atoms with Crippen molar-refractivity contribution >= 4 is 35.0 Å². The minimum Gasteiger partial charge on any atom is -0.504 e. The first-order valence-corrected chi connectivity index (χ1v) is 7.58. The second-order valence-corrected chi connectivity index (χ2v) is 5.76. The van der Waals surface area contributed by atoms with Crippen LogP contribution in [0.4, 0.5) is 4.79 Å². The van der Waals surface area contributed by atoms with Crippen LogP contribution in [0.1, 0.15) is 18.4 Å². The summed E-state index contributed by atoms with van der Waals surface area (Å²) in [6.07, 6.45) is 1.65. The number of phenols is 1. The van der Waals surface area contributed by atoms with E-state index in [4.69, 9.17) is 9.84 Å². The van der Waals surface area contributed by atoms with E-state index in [0.29, 0.717) is 5.56 Å². The van der Waals surface area contributed by atoms with Crippen molar-refractivity contribution < 1.29 is 29.3 Å². The average molecular weight is 337 g/mol. The summed E-state index contributed by atoms with van der Waals surface area (Å²) in [5.74, 6) is -1.17. The van der Waals surface area contributed by atoms with Gasteiger partial charge in [-0.1, -0.05) is 6.07 Å². The molecule has 7 nitrogen and oxygen atoms in total. The summed E-state index contributed by atoms with van der Waals surface area (Å²) in [6, 6.07) is 4.58. The van der Waals surface area contributed by atoms with Gasteiger partial charge in [-0.05, 0) is 42.0 Å². The van der Waals surface area contributed by atoms with Crippen molar-refractivity contribution in [1.29, 1.82) is 0 Å². The van der Waals surface area contributed by atoms with Crippen molar-refractivity contribution in [2.75, 3.05) is 13.7 Å². The summed E-state index contributed by atoms with van der Waals surface area (Å²) in [7, 11) is 1.41. The summed E-state index contributed by atoms with van der Waals surface area (Å²) in [5, 5.41) is 17.7. The molecule has 8 heteroatoms. The Morgan fingerprint density at radius 2 is 2.13 bits per heavy atom. The van der Waals surface area contributed by atoms with Crippen LogP contribution in [0.25, 0.3) is 6.08 Å². The molecule has 0 atom stereocenters. The molecule has 0 bridgehead atoms. The fourth-order valence-electron chi connectivity index (χ4n) is 2.02. The molecular weight excluding hydrogens is 322 g/mol. The maximum Gasteiger partial charge on any atom is 0.303 e. The van der Waals surface area contributed by atoms with E-state index >= 15 is 0 Å². The molecule has 1 heterocycles. The van der Waals surface area contributed by atoms with Crippen LogP contribution in [0.5, 0.6) is 11.5 Å². The highest BCUT2D eigenvalue weighted by atomic mass is 32.2. The van der Waals surface area contributed by atoms with Crippen LogP contribution in [0.15, 0.2) is 23.1 Å². The SMILES string of the molecule is COc1cc(C=C2SC(=O)N(CCCC(=O)O)C2=O)ccc1O. The molecule has 1 aromatic rings. The number of amides is 2. The highest BCUT2D eigenvalue weighted by Gasteiger charge is 2.34. The first kappa shape index (κ1) is 16.9. The third kappa shape index (κ3) is 4.04.